The summed E-state index contributed by atoms with van der Waals surface area (Å²) >= 11 is 5.66. The minimum absolute atomic E-state index is 0.125. The lowest BCUT2D eigenvalue weighted by molar-refractivity contribution is 0.0600. The highest BCUT2D eigenvalue weighted by Crippen LogP contribution is 2.16. The lowest BCUT2D eigenvalue weighted by atomic mass is 10.2. The van der Waals surface area contributed by atoms with Crippen molar-refractivity contribution in [1.29, 1.82) is 0 Å². The van der Waals surface area contributed by atoms with Crippen LogP contribution in [-0.2, 0) is 11.3 Å². The molecule has 2 N–H and O–H groups in total. The number of hydrogen-bond acceptors (Lipinski definition) is 4. The average molecular weight is 338 g/mol. The standard InChI is InChI=1S/C15H13ClFN3O3/c1-23-14(21)10-3-4-11(17)12(6-10)20-15(22)19-8-9-2-5-13(16)18-7-9/h2-7H,8H2,1H3,(H2,19,20,22). The van der Waals surface area contributed by atoms with Gasteiger partial charge in [-0.25, -0.2) is 19.0 Å². The van der Waals surface area contributed by atoms with Crippen LogP contribution in [0.2, 0.25) is 5.15 Å². The number of anilines is 1. The first kappa shape index (κ1) is 16.7. The van der Waals surface area contributed by atoms with Gasteiger partial charge in [0, 0.05) is 12.7 Å². The molecule has 0 aliphatic rings. The molecule has 0 spiro atoms. The van der Waals surface area contributed by atoms with Gasteiger partial charge in [-0.2, -0.15) is 0 Å². The van der Waals surface area contributed by atoms with Crippen LogP contribution in [0, 0.1) is 5.82 Å². The summed E-state index contributed by atoms with van der Waals surface area (Å²) in [6.45, 7) is 0.189. The van der Waals surface area contributed by atoms with Gasteiger partial charge in [0.15, 0.2) is 0 Å². The first-order valence-electron chi connectivity index (χ1n) is 6.52. The fourth-order valence-electron chi connectivity index (χ4n) is 1.73. The number of carbonyl (C=O) groups is 2. The zero-order valence-corrected chi connectivity index (χ0v) is 12.9. The number of benzene rings is 1. The van der Waals surface area contributed by atoms with Gasteiger partial charge in [-0.1, -0.05) is 17.7 Å². The van der Waals surface area contributed by atoms with Crippen molar-refractivity contribution in [3.63, 3.8) is 0 Å². The number of halogens is 2. The van der Waals surface area contributed by atoms with Gasteiger partial charge in [0.2, 0.25) is 0 Å². The first-order valence-corrected chi connectivity index (χ1v) is 6.90. The van der Waals surface area contributed by atoms with E-state index in [4.69, 9.17) is 11.6 Å². The van der Waals surface area contributed by atoms with E-state index in [0.29, 0.717) is 5.15 Å². The highest BCUT2D eigenvalue weighted by molar-refractivity contribution is 6.29. The molecule has 2 aromatic rings. The van der Waals surface area contributed by atoms with Crippen LogP contribution in [0.4, 0.5) is 14.9 Å². The summed E-state index contributed by atoms with van der Waals surface area (Å²) in [5, 5.41) is 5.22. The molecule has 2 rings (SSSR count). The molecule has 1 heterocycles. The molecule has 0 atom stereocenters. The van der Waals surface area contributed by atoms with E-state index in [1.165, 1.54) is 25.4 Å². The SMILES string of the molecule is COC(=O)c1ccc(F)c(NC(=O)NCc2ccc(Cl)nc2)c1. The second-order valence-electron chi connectivity index (χ2n) is 4.48. The van der Waals surface area contributed by atoms with Crippen molar-refractivity contribution in [2.75, 3.05) is 12.4 Å². The van der Waals surface area contributed by atoms with Crippen LogP contribution < -0.4 is 10.6 Å². The zero-order chi connectivity index (χ0) is 16.8. The molecule has 6 nitrogen and oxygen atoms in total. The average Bonchev–Trinajstić information content (AvgIpc) is 2.55. The van der Waals surface area contributed by atoms with Gasteiger partial charge in [-0.3, -0.25) is 0 Å². The number of pyridine rings is 1. The molecule has 1 aromatic heterocycles. The molecule has 0 fully saturated rings. The molecule has 0 unspecified atom stereocenters. The quantitative estimate of drug-likeness (QED) is 0.664. The smallest absolute Gasteiger partial charge is 0.337 e. The molecule has 23 heavy (non-hydrogen) atoms. The third-order valence-electron chi connectivity index (χ3n) is 2.88. The number of amides is 2. The van der Waals surface area contributed by atoms with E-state index in [-0.39, 0.29) is 17.8 Å². The maximum atomic E-state index is 13.7. The fourth-order valence-corrected chi connectivity index (χ4v) is 1.84. The molecule has 0 saturated heterocycles. The molecule has 1 aromatic carbocycles. The van der Waals surface area contributed by atoms with E-state index in [0.717, 1.165) is 11.6 Å². The van der Waals surface area contributed by atoms with Gasteiger partial charge >= 0.3 is 12.0 Å². The summed E-state index contributed by atoms with van der Waals surface area (Å²) < 4.78 is 18.2. The maximum absolute atomic E-state index is 13.7. The Morgan fingerprint density at radius 3 is 2.74 bits per heavy atom. The number of esters is 1. The van der Waals surface area contributed by atoms with Gasteiger partial charge in [0.1, 0.15) is 11.0 Å². The molecule has 0 aliphatic heterocycles. The molecule has 8 heteroatoms. The Morgan fingerprint density at radius 2 is 2.09 bits per heavy atom. The predicted molar refractivity (Wildman–Crippen MR) is 82.8 cm³/mol. The van der Waals surface area contributed by atoms with Crippen LogP contribution in [0.25, 0.3) is 0 Å². The van der Waals surface area contributed by atoms with E-state index in [1.54, 1.807) is 12.1 Å². The number of ether oxygens (including phenoxy) is 1. The van der Waals surface area contributed by atoms with Crippen molar-refractivity contribution in [3.05, 3.63) is 58.6 Å². The molecular weight excluding hydrogens is 325 g/mol. The van der Waals surface area contributed by atoms with Crippen LogP contribution >= 0.6 is 11.6 Å². The number of urea groups is 1. The van der Waals surface area contributed by atoms with Gasteiger partial charge in [0.25, 0.3) is 0 Å². The van der Waals surface area contributed by atoms with Crippen LogP contribution in [0.5, 0.6) is 0 Å². The Hall–Kier alpha value is -2.67. The van der Waals surface area contributed by atoms with Crippen LogP contribution in [0.3, 0.4) is 0 Å². The Morgan fingerprint density at radius 1 is 1.30 bits per heavy atom. The number of hydrogen-bond donors (Lipinski definition) is 2. The molecule has 0 radical (unpaired) electrons. The summed E-state index contributed by atoms with van der Waals surface area (Å²) in [5.41, 5.74) is 0.735. The second kappa shape index (κ2) is 7.55. The molecular formula is C15H13ClFN3O3. The minimum Gasteiger partial charge on any atom is -0.465 e. The number of rotatable bonds is 4. The Kier molecular flexibility index (Phi) is 5.48. The van der Waals surface area contributed by atoms with Gasteiger partial charge in [-0.05, 0) is 29.8 Å². The van der Waals surface area contributed by atoms with Crippen molar-refractivity contribution >= 4 is 29.3 Å². The summed E-state index contributed by atoms with van der Waals surface area (Å²) in [7, 11) is 1.21. The van der Waals surface area contributed by atoms with Crippen molar-refractivity contribution in [2.24, 2.45) is 0 Å². The van der Waals surface area contributed by atoms with E-state index in [2.05, 4.69) is 20.4 Å². The van der Waals surface area contributed by atoms with E-state index >= 15 is 0 Å². The molecule has 0 aliphatic carbocycles. The van der Waals surface area contributed by atoms with Crippen molar-refractivity contribution in [2.45, 2.75) is 6.54 Å². The molecule has 120 valence electrons. The number of carbonyl (C=O) groups excluding carboxylic acids is 2. The number of methoxy groups -OCH3 is 1. The van der Waals surface area contributed by atoms with Gasteiger partial charge < -0.3 is 15.4 Å². The fraction of sp³-hybridized carbons (Fsp3) is 0.133. The minimum atomic E-state index is -0.666. The van der Waals surface area contributed by atoms with Crippen molar-refractivity contribution in [1.82, 2.24) is 10.3 Å². The number of nitrogens with one attached hydrogen (secondary N) is 2. The van der Waals surface area contributed by atoms with Crippen molar-refractivity contribution < 1.29 is 18.7 Å². The van der Waals surface area contributed by atoms with Crippen molar-refractivity contribution in [3.8, 4) is 0 Å². The lowest BCUT2D eigenvalue weighted by Gasteiger charge is -2.09. The molecule has 2 amide bonds. The topological polar surface area (TPSA) is 80.3 Å². The van der Waals surface area contributed by atoms with Crippen LogP contribution in [0.15, 0.2) is 36.5 Å². The molecule has 0 bridgehead atoms. The first-order chi connectivity index (χ1) is 11.0. The largest absolute Gasteiger partial charge is 0.465 e. The highest BCUT2D eigenvalue weighted by Gasteiger charge is 2.12. The zero-order valence-electron chi connectivity index (χ0n) is 12.1. The van der Waals surface area contributed by atoms with Gasteiger partial charge in [-0.15, -0.1) is 0 Å². The number of nitrogens with zero attached hydrogens (tertiary/aromatic N) is 1. The Balaban J connectivity index is 1.99. The van der Waals surface area contributed by atoms with Gasteiger partial charge in [0.05, 0.1) is 18.4 Å². The number of aromatic nitrogens is 1. The van der Waals surface area contributed by atoms with E-state index in [1.807, 2.05) is 0 Å². The Labute approximate surface area is 136 Å². The van der Waals surface area contributed by atoms with E-state index < -0.39 is 17.8 Å². The lowest BCUT2D eigenvalue weighted by Crippen LogP contribution is -2.28. The third kappa shape index (κ3) is 4.65. The maximum Gasteiger partial charge on any atom is 0.337 e. The molecule has 0 saturated carbocycles. The predicted octanol–water partition coefficient (Wildman–Crippen LogP) is 2.98. The van der Waals surface area contributed by atoms with Crippen LogP contribution in [0.1, 0.15) is 15.9 Å². The summed E-state index contributed by atoms with van der Waals surface area (Å²) in [5.74, 6) is -1.29. The summed E-state index contributed by atoms with van der Waals surface area (Å²) in [6, 6.07) is 6.21. The highest BCUT2D eigenvalue weighted by atomic mass is 35.5. The van der Waals surface area contributed by atoms with E-state index in [9.17, 15) is 14.0 Å². The third-order valence-corrected chi connectivity index (χ3v) is 3.10. The summed E-state index contributed by atoms with van der Waals surface area (Å²) in [4.78, 5) is 27.1. The van der Waals surface area contributed by atoms with Crippen LogP contribution in [-0.4, -0.2) is 24.1 Å². The second-order valence-corrected chi connectivity index (χ2v) is 4.87. The normalized spacial score (nSPS) is 10.0. The Bertz CT molecular complexity index is 722. The monoisotopic (exact) mass is 337 g/mol. The summed E-state index contributed by atoms with van der Waals surface area (Å²) in [6.07, 6.45) is 1.51.